The molecule has 5 rings (SSSR count). The summed E-state index contributed by atoms with van der Waals surface area (Å²) in [5, 5.41) is 6.94. The maximum atomic E-state index is 13.4. The molecule has 10 heteroatoms. The Morgan fingerprint density at radius 1 is 1.11 bits per heavy atom. The van der Waals surface area contributed by atoms with Crippen LogP contribution in [0.25, 0.3) is 28.7 Å². The standard InChI is InChI=1S/C28H25FN8O/c1-18(27-26(32-19(2)36(27)4)20-7-10-22(29)11-8-20)6-12-25-33-23(17-35(25)3)34-28(38)21-9-13-24(30-16-21)37-15-5-14-31-37/h5-17H,1H2,2-4H3,(H,34,38)/b12-6-. The van der Waals surface area contributed by atoms with E-state index >= 15 is 0 Å². The molecule has 0 aliphatic heterocycles. The number of allylic oxidation sites excluding steroid dienone is 2. The molecular formula is C28H25FN8O. The van der Waals surface area contributed by atoms with Gasteiger partial charge in [-0.05, 0) is 67.1 Å². The summed E-state index contributed by atoms with van der Waals surface area (Å²) in [7, 11) is 3.75. The molecule has 1 aromatic carbocycles. The van der Waals surface area contributed by atoms with Crippen LogP contribution in [0.3, 0.4) is 0 Å². The summed E-state index contributed by atoms with van der Waals surface area (Å²) in [6.45, 7) is 6.13. The van der Waals surface area contributed by atoms with Gasteiger partial charge >= 0.3 is 0 Å². The highest BCUT2D eigenvalue weighted by molar-refractivity contribution is 6.03. The van der Waals surface area contributed by atoms with Gasteiger partial charge in [0.05, 0.1) is 17.0 Å². The first kappa shape index (κ1) is 24.6. The number of amides is 1. The number of hydrogen-bond donors (Lipinski definition) is 1. The van der Waals surface area contributed by atoms with Crippen LogP contribution in [0, 0.1) is 12.7 Å². The Morgan fingerprint density at radius 3 is 2.58 bits per heavy atom. The summed E-state index contributed by atoms with van der Waals surface area (Å²) in [6.07, 6.45) is 10.3. The maximum absolute atomic E-state index is 13.4. The smallest absolute Gasteiger partial charge is 0.258 e. The highest BCUT2D eigenvalue weighted by atomic mass is 19.1. The van der Waals surface area contributed by atoms with Gasteiger partial charge in [-0.2, -0.15) is 5.10 Å². The highest BCUT2D eigenvalue weighted by Gasteiger charge is 2.16. The number of aryl methyl sites for hydroxylation is 2. The van der Waals surface area contributed by atoms with Gasteiger partial charge < -0.3 is 14.5 Å². The van der Waals surface area contributed by atoms with Gasteiger partial charge in [-0.25, -0.2) is 24.0 Å². The van der Waals surface area contributed by atoms with Crippen molar-refractivity contribution >= 4 is 23.4 Å². The van der Waals surface area contributed by atoms with Crippen LogP contribution in [0.1, 0.15) is 27.7 Å². The van der Waals surface area contributed by atoms with E-state index in [1.54, 1.807) is 58.2 Å². The molecule has 5 aromatic rings. The Morgan fingerprint density at radius 2 is 1.89 bits per heavy atom. The summed E-state index contributed by atoms with van der Waals surface area (Å²) in [5.41, 5.74) is 3.45. The van der Waals surface area contributed by atoms with E-state index in [0.717, 1.165) is 22.8 Å². The number of aromatic nitrogens is 7. The fourth-order valence-electron chi connectivity index (χ4n) is 3.99. The molecule has 190 valence electrons. The Labute approximate surface area is 218 Å². The minimum absolute atomic E-state index is 0.304. The average Bonchev–Trinajstić information content (AvgIpc) is 3.63. The number of rotatable bonds is 7. The topological polar surface area (TPSA) is 95.4 Å². The molecule has 4 aromatic heterocycles. The lowest BCUT2D eigenvalue weighted by atomic mass is 10.1. The first-order chi connectivity index (χ1) is 18.3. The molecule has 0 aliphatic carbocycles. The number of anilines is 1. The molecule has 4 heterocycles. The molecule has 9 nitrogen and oxygen atoms in total. The van der Waals surface area contributed by atoms with Gasteiger partial charge in [0.25, 0.3) is 5.91 Å². The van der Waals surface area contributed by atoms with E-state index in [2.05, 4.69) is 31.9 Å². The number of nitrogens with zero attached hydrogens (tertiary/aromatic N) is 7. The van der Waals surface area contributed by atoms with E-state index in [4.69, 9.17) is 0 Å². The van der Waals surface area contributed by atoms with Crippen LogP contribution < -0.4 is 5.32 Å². The third-order valence-corrected chi connectivity index (χ3v) is 6.08. The largest absolute Gasteiger partial charge is 0.332 e. The number of carbonyl (C=O) groups is 1. The van der Waals surface area contributed by atoms with Gasteiger partial charge in [0.2, 0.25) is 0 Å². The number of imidazole rings is 2. The third kappa shape index (κ3) is 4.92. The third-order valence-electron chi connectivity index (χ3n) is 6.08. The van der Waals surface area contributed by atoms with Crippen LogP contribution >= 0.6 is 0 Å². The lowest BCUT2D eigenvalue weighted by molar-refractivity contribution is 0.102. The summed E-state index contributed by atoms with van der Waals surface area (Å²) in [4.78, 5) is 26.2. The van der Waals surface area contributed by atoms with Gasteiger partial charge in [0, 0.05) is 44.4 Å². The van der Waals surface area contributed by atoms with Crippen molar-refractivity contribution in [3.8, 4) is 17.1 Å². The van der Waals surface area contributed by atoms with Crippen molar-refractivity contribution in [2.45, 2.75) is 6.92 Å². The lowest BCUT2D eigenvalue weighted by Gasteiger charge is -2.07. The van der Waals surface area contributed by atoms with Crippen LogP contribution in [0.2, 0.25) is 0 Å². The second-order valence-corrected chi connectivity index (χ2v) is 8.69. The number of benzene rings is 1. The predicted octanol–water partition coefficient (Wildman–Crippen LogP) is 4.83. The van der Waals surface area contributed by atoms with Gasteiger partial charge in [-0.15, -0.1) is 0 Å². The first-order valence-electron chi connectivity index (χ1n) is 11.8. The van der Waals surface area contributed by atoms with Crippen molar-refractivity contribution in [3.05, 3.63) is 109 Å². The monoisotopic (exact) mass is 508 g/mol. The zero-order valence-electron chi connectivity index (χ0n) is 21.1. The molecule has 0 saturated carbocycles. The van der Waals surface area contributed by atoms with E-state index in [0.29, 0.717) is 28.6 Å². The van der Waals surface area contributed by atoms with E-state index in [1.807, 2.05) is 37.7 Å². The Balaban J connectivity index is 1.31. The van der Waals surface area contributed by atoms with Crippen LogP contribution in [0.15, 0.2) is 79.9 Å². The Hall–Kier alpha value is -5.12. The summed E-state index contributed by atoms with van der Waals surface area (Å²) in [5.74, 6) is 1.82. The minimum atomic E-state index is -0.322. The van der Waals surface area contributed by atoms with Crippen molar-refractivity contribution in [1.29, 1.82) is 0 Å². The van der Waals surface area contributed by atoms with Crippen molar-refractivity contribution in [1.82, 2.24) is 33.9 Å². The summed E-state index contributed by atoms with van der Waals surface area (Å²) >= 11 is 0. The second kappa shape index (κ2) is 10.1. The normalized spacial score (nSPS) is 11.3. The quantitative estimate of drug-likeness (QED) is 0.318. The fourth-order valence-corrected chi connectivity index (χ4v) is 3.99. The molecule has 0 saturated heterocycles. The van der Waals surface area contributed by atoms with Gasteiger partial charge in [0.15, 0.2) is 11.6 Å². The zero-order chi connectivity index (χ0) is 26.8. The van der Waals surface area contributed by atoms with Crippen molar-refractivity contribution in [3.63, 3.8) is 0 Å². The molecule has 38 heavy (non-hydrogen) atoms. The molecule has 1 amide bonds. The minimum Gasteiger partial charge on any atom is -0.332 e. The summed E-state index contributed by atoms with van der Waals surface area (Å²) in [6, 6.07) is 11.4. The molecule has 0 atom stereocenters. The molecule has 0 fully saturated rings. The van der Waals surface area contributed by atoms with Crippen molar-refractivity contribution in [2.75, 3.05) is 5.32 Å². The van der Waals surface area contributed by atoms with Crippen LogP contribution in [-0.4, -0.2) is 39.8 Å². The molecule has 0 aliphatic rings. The number of nitrogens with one attached hydrogen (secondary N) is 1. The molecule has 0 bridgehead atoms. The van der Waals surface area contributed by atoms with Crippen LogP contribution in [0.4, 0.5) is 10.2 Å². The van der Waals surface area contributed by atoms with Gasteiger partial charge in [-0.3, -0.25) is 4.79 Å². The number of halogens is 1. The Kier molecular flexibility index (Phi) is 6.53. The molecule has 0 unspecified atom stereocenters. The fraction of sp³-hybridized carbons (Fsp3) is 0.107. The van der Waals surface area contributed by atoms with Crippen molar-refractivity contribution < 1.29 is 9.18 Å². The SMILES string of the molecule is C=C(/C=C\c1nc(NC(=O)c2ccc(-n3cccn3)nc2)cn1C)c1c(-c2ccc(F)cc2)nc(C)n1C. The first-order valence-corrected chi connectivity index (χ1v) is 11.8. The molecular weight excluding hydrogens is 483 g/mol. The molecule has 0 radical (unpaired) electrons. The number of carbonyl (C=O) groups excluding carboxylic acids is 1. The predicted molar refractivity (Wildman–Crippen MR) is 144 cm³/mol. The van der Waals surface area contributed by atoms with E-state index in [-0.39, 0.29) is 11.7 Å². The number of hydrogen-bond acceptors (Lipinski definition) is 5. The molecule has 1 N–H and O–H groups in total. The highest BCUT2D eigenvalue weighted by Crippen LogP contribution is 2.29. The van der Waals surface area contributed by atoms with Gasteiger partial charge in [-0.1, -0.05) is 6.58 Å². The second-order valence-electron chi connectivity index (χ2n) is 8.69. The summed E-state index contributed by atoms with van der Waals surface area (Å²) < 4.78 is 18.8. The van der Waals surface area contributed by atoms with E-state index in [1.165, 1.54) is 18.3 Å². The van der Waals surface area contributed by atoms with Crippen LogP contribution in [-0.2, 0) is 14.1 Å². The molecule has 0 spiro atoms. The van der Waals surface area contributed by atoms with E-state index in [9.17, 15) is 9.18 Å². The van der Waals surface area contributed by atoms with Gasteiger partial charge in [0.1, 0.15) is 17.5 Å². The lowest BCUT2D eigenvalue weighted by Crippen LogP contribution is -2.13. The van der Waals surface area contributed by atoms with Crippen LogP contribution in [0.5, 0.6) is 0 Å². The van der Waals surface area contributed by atoms with E-state index < -0.39 is 0 Å². The number of pyridine rings is 1. The van der Waals surface area contributed by atoms with Crippen molar-refractivity contribution in [2.24, 2.45) is 14.1 Å². The zero-order valence-corrected chi connectivity index (χ0v) is 21.1. The average molecular weight is 509 g/mol. The maximum Gasteiger partial charge on any atom is 0.258 e. The Bertz CT molecular complexity index is 1640.